The van der Waals surface area contributed by atoms with Gasteiger partial charge in [0.15, 0.2) is 0 Å². The summed E-state index contributed by atoms with van der Waals surface area (Å²) in [6.07, 6.45) is 1.39. The Kier molecular flexibility index (Phi) is 3.80. The number of carbonyl (C=O) groups excluding carboxylic acids is 1. The summed E-state index contributed by atoms with van der Waals surface area (Å²) < 4.78 is 2.05. The highest BCUT2D eigenvalue weighted by Gasteiger charge is 2.10. The van der Waals surface area contributed by atoms with Crippen LogP contribution in [0.25, 0.3) is 10.9 Å². The lowest BCUT2D eigenvalue weighted by molar-refractivity contribution is -0.107. The molecule has 3 heteroatoms. The molecular weight excluding hydrogens is 272 g/mol. The zero-order chi connectivity index (χ0) is 15.7. The van der Waals surface area contributed by atoms with Crippen LogP contribution in [-0.4, -0.2) is 16.1 Å². The van der Waals surface area contributed by atoms with Gasteiger partial charge in [0.25, 0.3) is 0 Å². The van der Waals surface area contributed by atoms with E-state index in [-0.39, 0.29) is 0 Å². The van der Waals surface area contributed by atoms with E-state index in [0.29, 0.717) is 6.42 Å². The van der Waals surface area contributed by atoms with Gasteiger partial charge in [-0.3, -0.25) is 4.68 Å². The zero-order valence-electron chi connectivity index (χ0n) is 13.3. The van der Waals surface area contributed by atoms with Crippen molar-refractivity contribution in [3.8, 4) is 0 Å². The highest BCUT2D eigenvalue weighted by molar-refractivity contribution is 5.83. The van der Waals surface area contributed by atoms with Crippen LogP contribution in [0, 0.1) is 20.8 Å². The second-order valence-corrected chi connectivity index (χ2v) is 5.84. The summed E-state index contributed by atoms with van der Waals surface area (Å²) in [6.45, 7) is 7.06. The van der Waals surface area contributed by atoms with E-state index in [0.717, 1.165) is 35.0 Å². The van der Waals surface area contributed by atoms with Gasteiger partial charge in [-0.25, -0.2) is 0 Å². The number of carbonyl (C=O) groups is 1. The fourth-order valence-electron chi connectivity index (χ4n) is 2.98. The molecule has 3 nitrogen and oxygen atoms in total. The Morgan fingerprint density at radius 2 is 1.82 bits per heavy atom. The quantitative estimate of drug-likeness (QED) is 0.686. The molecule has 0 saturated heterocycles. The maximum absolute atomic E-state index is 10.8. The molecule has 0 spiro atoms. The van der Waals surface area contributed by atoms with Crippen LogP contribution in [0.3, 0.4) is 0 Å². The van der Waals surface area contributed by atoms with E-state index in [1.54, 1.807) is 0 Å². The third-order valence-corrected chi connectivity index (χ3v) is 4.27. The molecule has 0 aliphatic carbocycles. The molecule has 2 aromatic carbocycles. The summed E-state index contributed by atoms with van der Waals surface area (Å²) in [5, 5.41) is 5.85. The van der Waals surface area contributed by atoms with Crippen molar-refractivity contribution in [1.29, 1.82) is 0 Å². The fourth-order valence-corrected chi connectivity index (χ4v) is 2.98. The normalized spacial score (nSPS) is 11.0. The van der Waals surface area contributed by atoms with Crippen LogP contribution < -0.4 is 0 Å². The Hall–Kier alpha value is -2.42. The molecule has 3 aromatic rings. The number of fused-ring (bicyclic) bond motifs is 1. The standard InChI is InChI=1S/C19H20N2O/c1-13-5-4-6-14(2)18(13)12-21-19-11-16(9-10-22)7-8-17(19)15(3)20-21/h4-8,10-11H,9,12H2,1-3H3. The second kappa shape index (κ2) is 5.76. The van der Waals surface area contributed by atoms with E-state index in [2.05, 4.69) is 44.2 Å². The van der Waals surface area contributed by atoms with Crippen LogP contribution in [0.1, 0.15) is 27.9 Å². The Morgan fingerprint density at radius 1 is 1.09 bits per heavy atom. The number of benzene rings is 2. The predicted molar refractivity (Wildman–Crippen MR) is 89.3 cm³/mol. The molecule has 0 bridgehead atoms. The average molecular weight is 292 g/mol. The summed E-state index contributed by atoms with van der Waals surface area (Å²) in [5.41, 5.74) is 7.03. The lowest BCUT2D eigenvalue weighted by atomic mass is 10.0. The third-order valence-electron chi connectivity index (χ3n) is 4.27. The van der Waals surface area contributed by atoms with E-state index in [9.17, 15) is 4.79 Å². The average Bonchev–Trinajstić information content (AvgIpc) is 2.80. The van der Waals surface area contributed by atoms with Gasteiger partial charge in [0.1, 0.15) is 6.29 Å². The van der Waals surface area contributed by atoms with Crippen LogP contribution in [0.4, 0.5) is 0 Å². The fraction of sp³-hybridized carbons (Fsp3) is 0.263. The van der Waals surface area contributed by atoms with E-state index >= 15 is 0 Å². The zero-order valence-corrected chi connectivity index (χ0v) is 13.3. The number of aryl methyl sites for hydroxylation is 3. The SMILES string of the molecule is Cc1cccc(C)c1Cn1nc(C)c2ccc(CC=O)cc21. The van der Waals surface area contributed by atoms with Gasteiger partial charge in [-0.05, 0) is 49.1 Å². The first-order chi connectivity index (χ1) is 10.6. The molecule has 112 valence electrons. The molecule has 0 aliphatic rings. The van der Waals surface area contributed by atoms with Gasteiger partial charge in [-0.2, -0.15) is 5.10 Å². The smallest absolute Gasteiger partial charge is 0.124 e. The highest BCUT2D eigenvalue weighted by atomic mass is 16.1. The monoisotopic (exact) mass is 292 g/mol. The first-order valence-electron chi connectivity index (χ1n) is 7.55. The molecule has 0 aliphatic heterocycles. The van der Waals surface area contributed by atoms with Gasteiger partial charge in [-0.15, -0.1) is 0 Å². The van der Waals surface area contributed by atoms with Crippen LogP contribution in [0.5, 0.6) is 0 Å². The molecule has 0 fully saturated rings. The molecule has 1 aromatic heterocycles. The molecule has 22 heavy (non-hydrogen) atoms. The van der Waals surface area contributed by atoms with Crippen molar-refractivity contribution in [2.24, 2.45) is 0 Å². The summed E-state index contributed by atoms with van der Waals surface area (Å²) >= 11 is 0. The lowest BCUT2D eigenvalue weighted by Gasteiger charge is -2.11. The Balaban J connectivity index is 2.10. The van der Waals surface area contributed by atoms with Crippen LogP contribution in [-0.2, 0) is 17.8 Å². The Labute approximate surface area is 130 Å². The minimum absolute atomic E-state index is 0.448. The van der Waals surface area contributed by atoms with Crippen molar-refractivity contribution in [1.82, 2.24) is 9.78 Å². The first kappa shape index (κ1) is 14.5. The molecule has 0 unspecified atom stereocenters. The van der Waals surface area contributed by atoms with Crippen molar-refractivity contribution in [2.45, 2.75) is 33.7 Å². The molecular formula is C19H20N2O. The van der Waals surface area contributed by atoms with Crippen molar-refractivity contribution in [3.05, 3.63) is 64.3 Å². The van der Waals surface area contributed by atoms with Crippen LogP contribution in [0.15, 0.2) is 36.4 Å². The van der Waals surface area contributed by atoms with E-state index in [1.807, 2.05) is 17.7 Å². The van der Waals surface area contributed by atoms with Crippen molar-refractivity contribution in [2.75, 3.05) is 0 Å². The van der Waals surface area contributed by atoms with Gasteiger partial charge in [0.2, 0.25) is 0 Å². The minimum Gasteiger partial charge on any atom is -0.303 e. The summed E-state index contributed by atoms with van der Waals surface area (Å²) in [4.78, 5) is 10.8. The predicted octanol–water partition coefficient (Wildman–Crippen LogP) is 3.75. The van der Waals surface area contributed by atoms with Crippen molar-refractivity contribution in [3.63, 3.8) is 0 Å². The number of hydrogen-bond donors (Lipinski definition) is 0. The molecule has 3 rings (SSSR count). The largest absolute Gasteiger partial charge is 0.303 e. The number of nitrogens with zero attached hydrogens (tertiary/aromatic N) is 2. The second-order valence-electron chi connectivity index (χ2n) is 5.84. The van der Waals surface area contributed by atoms with E-state index in [4.69, 9.17) is 5.10 Å². The van der Waals surface area contributed by atoms with Gasteiger partial charge < -0.3 is 4.79 Å². The van der Waals surface area contributed by atoms with Gasteiger partial charge in [0.05, 0.1) is 17.8 Å². The van der Waals surface area contributed by atoms with Crippen molar-refractivity contribution < 1.29 is 4.79 Å². The highest BCUT2D eigenvalue weighted by Crippen LogP contribution is 2.22. The topological polar surface area (TPSA) is 34.9 Å². The lowest BCUT2D eigenvalue weighted by Crippen LogP contribution is -2.05. The minimum atomic E-state index is 0.448. The molecule has 0 saturated carbocycles. The van der Waals surface area contributed by atoms with Gasteiger partial charge in [0, 0.05) is 11.8 Å². The van der Waals surface area contributed by atoms with E-state index < -0.39 is 0 Å². The summed E-state index contributed by atoms with van der Waals surface area (Å²) in [7, 11) is 0. The molecule has 0 amide bonds. The third kappa shape index (κ3) is 2.54. The number of rotatable bonds is 4. The molecule has 0 N–H and O–H groups in total. The Bertz CT molecular complexity index is 826. The maximum Gasteiger partial charge on any atom is 0.124 e. The Morgan fingerprint density at radius 3 is 2.50 bits per heavy atom. The van der Waals surface area contributed by atoms with Crippen molar-refractivity contribution >= 4 is 17.2 Å². The maximum atomic E-state index is 10.8. The first-order valence-corrected chi connectivity index (χ1v) is 7.55. The molecule has 0 atom stereocenters. The van der Waals surface area contributed by atoms with Gasteiger partial charge >= 0.3 is 0 Å². The number of aldehydes is 1. The number of aromatic nitrogens is 2. The molecule has 0 radical (unpaired) electrons. The van der Waals surface area contributed by atoms with Crippen LogP contribution >= 0.6 is 0 Å². The van der Waals surface area contributed by atoms with Crippen LogP contribution in [0.2, 0.25) is 0 Å². The van der Waals surface area contributed by atoms with E-state index in [1.165, 1.54) is 16.7 Å². The summed E-state index contributed by atoms with van der Waals surface area (Å²) in [6, 6.07) is 12.5. The summed E-state index contributed by atoms with van der Waals surface area (Å²) in [5.74, 6) is 0. The number of hydrogen-bond acceptors (Lipinski definition) is 2. The molecule has 1 heterocycles. The van der Waals surface area contributed by atoms with Gasteiger partial charge in [-0.1, -0.05) is 30.3 Å².